The van der Waals surface area contributed by atoms with Crippen molar-refractivity contribution in [3.8, 4) is 11.5 Å². The Morgan fingerprint density at radius 3 is 2.77 bits per heavy atom. The van der Waals surface area contributed by atoms with Gasteiger partial charge < -0.3 is 20.6 Å². The molecule has 10 nitrogen and oxygen atoms in total. The zero-order valence-electron chi connectivity index (χ0n) is 16.7. The van der Waals surface area contributed by atoms with Gasteiger partial charge in [-0.05, 0) is 44.7 Å². The first-order valence-electron chi connectivity index (χ1n) is 10.2. The Hall–Kier alpha value is -3.27. The number of aryl methyl sites for hydroxylation is 1. The molecular weight excluding hydrogens is 384 g/mol. The second-order valence-electron chi connectivity index (χ2n) is 7.91. The van der Waals surface area contributed by atoms with E-state index >= 15 is 0 Å². The van der Waals surface area contributed by atoms with E-state index in [1.165, 1.54) is 6.33 Å². The van der Waals surface area contributed by atoms with Gasteiger partial charge >= 0.3 is 0 Å². The maximum Gasteiger partial charge on any atom is 0.244 e. The van der Waals surface area contributed by atoms with Crippen molar-refractivity contribution in [1.82, 2.24) is 35.7 Å². The first kappa shape index (κ1) is 18.7. The first-order chi connectivity index (χ1) is 14.6. The molecule has 3 aliphatic rings. The molecule has 0 bridgehead atoms. The van der Waals surface area contributed by atoms with E-state index in [1.54, 1.807) is 0 Å². The van der Waals surface area contributed by atoms with Crippen LogP contribution in [0.3, 0.4) is 0 Å². The summed E-state index contributed by atoms with van der Waals surface area (Å²) >= 11 is 0. The minimum Gasteiger partial charge on any atom is -0.393 e. The topological polar surface area (TPSA) is 131 Å². The number of rotatable bonds is 3. The maximum atomic E-state index is 12.0. The minimum absolute atomic E-state index is 0.103. The zero-order valence-corrected chi connectivity index (χ0v) is 16.7. The number of hydrogen-bond donors (Lipinski definition) is 4. The molecule has 1 amide bonds. The van der Waals surface area contributed by atoms with Gasteiger partial charge in [0, 0.05) is 17.3 Å². The number of aromatic nitrogens is 4. The Morgan fingerprint density at radius 2 is 2.03 bits per heavy atom. The standard InChI is InChI=1S/C20H24N8O2/c1-11-14(6-7-15(24-11)18-22-10-23-27-18)16-9-28(12-2-4-13(29)5-3-12)20-19(25-16)26-17(30)8-21-20/h6-7,10,12-13,21,29H,2-5,8-9H2,1H3,(H,26,30)(H,22,23,27). The molecule has 30 heavy (non-hydrogen) atoms. The van der Waals surface area contributed by atoms with Gasteiger partial charge in [-0.1, -0.05) is 0 Å². The summed E-state index contributed by atoms with van der Waals surface area (Å²) in [5.74, 6) is 1.93. The molecule has 2 aliphatic heterocycles. The lowest BCUT2D eigenvalue weighted by Crippen LogP contribution is -2.53. The van der Waals surface area contributed by atoms with Gasteiger partial charge in [-0.15, -0.1) is 0 Å². The lowest BCUT2D eigenvalue weighted by Gasteiger charge is -2.42. The molecule has 0 atom stereocenters. The molecule has 0 unspecified atom stereocenters. The van der Waals surface area contributed by atoms with Gasteiger partial charge in [0.2, 0.25) is 5.91 Å². The quantitative estimate of drug-likeness (QED) is 0.579. The number of carbonyl (C=O) groups is 1. The molecule has 5 rings (SSSR count). The first-order valence-corrected chi connectivity index (χ1v) is 10.2. The molecule has 4 N–H and O–H groups in total. The smallest absolute Gasteiger partial charge is 0.244 e. The Labute approximate surface area is 173 Å². The fourth-order valence-electron chi connectivity index (χ4n) is 4.37. The summed E-state index contributed by atoms with van der Waals surface area (Å²) in [6.45, 7) is 2.80. The van der Waals surface area contributed by atoms with E-state index in [1.807, 2.05) is 19.1 Å². The number of hydrogen-bond acceptors (Lipinski definition) is 8. The molecule has 10 heteroatoms. The van der Waals surface area contributed by atoms with E-state index in [2.05, 4.69) is 35.7 Å². The predicted octanol–water partition coefficient (Wildman–Crippen LogP) is 0.429. The van der Waals surface area contributed by atoms with Crippen LogP contribution in [-0.4, -0.2) is 67.0 Å². The minimum atomic E-state index is -0.221. The van der Waals surface area contributed by atoms with Crippen LogP contribution >= 0.6 is 0 Å². The van der Waals surface area contributed by atoms with Gasteiger partial charge in [0.1, 0.15) is 17.8 Å². The van der Waals surface area contributed by atoms with Crippen molar-refractivity contribution in [2.24, 2.45) is 4.99 Å². The summed E-state index contributed by atoms with van der Waals surface area (Å²) < 4.78 is 0. The third-order valence-electron chi connectivity index (χ3n) is 5.91. The summed E-state index contributed by atoms with van der Waals surface area (Å²) in [6.07, 6.45) is 4.62. The van der Waals surface area contributed by atoms with E-state index in [4.69, 9.17) is 4.99 Å². The summed E-state index contributed by atoms with van der Waals surface area (Å²) in [5.41, 5.74) is 3.35. The molecule has 1 saturated carbocycles. The molecule has 0 saturated heterocycles. The molecule has 1 aliphatic carbocycles. The third-order valence-corrected chi connectivity index (χ3v) is 5.91. The molecule has 1 fully saturated rings. The average Bonchev–Trinajstić information content (AvgIpc) is 3.28. The Kier molecular flexibility index (Phi) is 4.70. The summed E-state index contributed by atoms with van der Waals surface area (Å²) in [6, 6.07) is 4.17. The highest BCUT2D eigenvalue weighted by Crippen LogP contribution is 2.30. The Balaban J connectivity index is 1.49. The van der Waals surface area contributed by atoms with Crippen molar-refractivity contribution in [3.63, 3.8) is 0 Å². The van der Waals surface area contributed by atoms with Gasteiger partial charge in [-0.2, -0.15) is 5.10 Å². The number of aliphatic hydroxyl groups excluding tert-OH is 1. The fraction of sp³-hybridized carbons (Fsp3) is 0.450. The van der Waals surface area contributed by atoms with E-state index in [0.29, 0.717) is 18.2 Å². The summed E-state index contributed by atoms with van der Waals surface area (Å²) in [4.78, 5) is 27.9. The molecule has 4 heterocycles. The number of aliphatic imine (C=N–C) groups is 1. The summed E-state index contributed by atoms with van der Waals surface area (Å²) in [7, 11) is 0. The largest absolute Gasteiger partial charge is 0.393 e. The second-order valence-corrected chi connectivity index (χ2v) is 7.91. The number of nitrogens with one attached hydrogen (secondary N) is 3. The monoisotopic (exact) mass is 408 g/mol. The summed E-state index contributed by atoms with van der Waals surface area (Å²) in [5, 5.41) is 22.8. The highest BCUT2D eigenvalue weighted by molar-refractivity contribution is 6.04. The van der Waals surface area contributed by atoms with Crippen molar-refractivity contribution in [1.29, 1.82) is 0 Å². The van der Waals surface area contributed by atoms with Crippen LogP contribution in [0.15, 0.2) is 35.1 Å². The van der Waals surface area contributed by atoms with Crippen LogP contribution in [-0.2, 0) is 4.79 Å². The molecule has 156 valence electrons. The number of aromatic amines is 1. The van der Waals surface area contributed by atoms with Gasteiger partial charge in [0.05, 0.1) is 24.9 Å². The highest BCUT2D eigenvalue weighted by Gasteiger charge is 2.34. The fourth-order valence-corrected chi connectivity index (χ4v) is 4.37. The lowest BCUT2D eigenvalue weighted by molar-refractivity contribution is -0.120. The number of carbonyl (C=O) groups excluding carboxylic acids is 1. The van der Waals surface area contributed by atoms with E-state index < -0.39 is 0 Å². The molecule has 0 aromatic carbocycles. The number of H-pyrrole nitrogens is 1. The normalized spacial score (nSPS) is 24.1. The number of pyridine rings is 1. The van der Waals surface area contributed by atoms with E-state index in [-0.39, 0.29) is 24.6 Å². The van der Waals surface area contributed by atoms with Crippen molar-refractivity contribution in [2.45, 2.75) is 44.8 Å². The van der Waals surface area contributed by atoms with Crippen molar-refractivity contribution in [2.75, 3.05) is 13.1 Å². The van der Waals surface area contributed by atoms with Crippen LogP contribution in [0, 0.1) is 6.92 Å². The molecule has 2 aromatic heterocycles. The van der Waals surface area contributed by atoms with Crippen LogP contribution in [0.4, 0.5) is 0 Å². The van der Waals surface area contributed by atoms with Crippen LogP contribution in [0.5, 0.6) is 0 Å². The average molecular weight is 408 g/mol. The Bertz CT molecular complexity index is 1020. The lowest BCUT2D eigenvalue weighted by atomic mass is 9.91. The number of aliphatic hydroxyl groups is 1. The molecule has 0 radical (unpaired) electrons. The second kappa shape index (κ2) is 7.52. The molecular formula is C20H24N8O2. The van der Waals surface area contributed by atoms with Crippen molar-refractivity contribution >= 4 is 11.6 Å². The van der Waals surface area contributed by atoms with Crippen LogP contribution in [0.25, 0.3) is 11.5 Å². The Morgan fingerprint density at radius 1 is 1.20 bits per heavy atom. The SMILES string of the molecule is Cc1nc(-c2ncn[nH]2)ccc1C1=NC2=C(NCC(=O)N2)N(C2CCC(O)CC2)C1. The van der Waals surface area contributed by atoms with Crippen molar-refractivity contribution in [3.05, 3.63) is 41.4 Å². The van der Waals surface area contributed by atoms with Gasteiger partial charge in [0.15, 0.2) is 11.6 Å². The predicted molar refractivity (Wildman–Crippen MR) is 109 cm³/mol. The third kappa shape index (κ3) is 3.43. The van der Waals surface area contributed by atoms with Gasteiger partial charge in [-0.25, -0.2) is 15.0 Å². The van der Waals surface area contributed by atoms with Gasteiger partial charge in [0.25, 0.3) is 0 Å². The van der Waals surface area contributed by atoms with E-state index in [9.17, 15) is 9.90 Å². The molecule has 0 spiro atoms. The van der Waals surface area contributed by atoms with Crippen LogP contribution in [0.2, 0.25) is 0 Å². The van der Waals surface area contributed by atoms with E-state index in [0.717, 1.165) is 54.2 Å². The number of nitrogens with zero attached hydrogens (tertiary/aromatic N) is 5. The van der Waals surface area contributed by atoms with Crippen LogP contribution in [0.1, 0.15) is 36.9 Å². The maximum absolute atomic E-state index is 12.0. The van der Waals surface area contributed by atoms with Crippen molar-refractivity contribution < 1.29 is 9.90 Å². The van der Waals surface area contributed by atoms with Gasteiger partial charge in [-0.3, -0.25) is 9.89 Å². The molecule has 2 aromatic rings. The van der Waals surface area contributed by atoms with Crippen LogP contribution < -0.4 is 10.6 Å². The highest BCUT2D eigenvalue weighted by atomic mass is 16.3. The number of amides is 1. The zero-order chi connectivity index (χ0) is 20.7.